The quantitative estimate of drug-likeness (QED) is 0.689. The van der Waals surface area contributed by atoms with Gasteiger partial charge in [0.05, 0.1) is 6.54 Å². The van der Waals surface area contributed by atoms with Crippen LogP contribution in [0.2, 0.25) is 0 Å². The largest absolute Gasteiger partial charge is 0.351 e. The second kappa shape index (κ2) is 7.48. The first-order valence-electron chi connectivity index (χ1n) is 7.72. The Morgan fingerprint density at radius 1 is 1.24 bits per heavy atom. The van der Waals surface area contributed by atoms with E-state index in [4.69, 9.17) is 0 Å². The van der Waals surface area contributed by atoms with E-state index in [0.29, 0.717) is 23.3 Å². The number of pyridine rings is 2. The van der Waals surface area contributed by atoms with E-state index in [0.717, 1.165) is 5.56 Å². The zero-order valence-electron chi connectivity index (χ0n) is 13.3. The molecule has 0 saturated heterocycles. The summed E-state index contributed by atoms with van der Waals surface area (Å²) in [4.78, 5) is 29.4. The van der Waals surface area contributed by atoms with Crippen LogP contribution in [0.15, 0.2) is 53.5 Å². The van der Waals surface area contributed by atoms with E-state index in [1.54, 1.807) is 36.5 Å². The highest BCUT2D eigenvalue weighted by Crippen LogP contribution is 2.13. The second-order valence-corrected chi connectivity index (χ2v) is 5.92. The van der Waals surface area contributed by atoms with Crippen molar-refractivity contribution < 1.29 is 9.18 Å². The lowest BCUT2D eigenvalue weighted by molar-refractivity contribution is 0.0954. The van der Waals surface area contributed by atoms with E-state index >= 15 is 0 Å². The van der Waals surface area contributed by atoms with Gasteiger partial charge in [-0.3, -0.25) is 14.2 Å². The van der Waals surface area contributed by atoms with Crippen molar-refractivity contribution in [3.05, 3.63) is 76.0 Å². The fraction of sp³-hybridized carbons (Fsp3) is 0.167. The maximum absolute atomic E-state index is 13.1. The molecule has 3 rings (SSSR count). The number of halogens is 1. The summed E-state index contributed by atoms with van der Waals surface area (Å²) in [7, 11) is 0. The van der Waals surface area contributed by atoms with Crippen LogP contribution in [0.25, 0.3) is 11.0 Å². The molecule has 0 aliphatic heterocycles. The molecule has 0 bridgehead atoms. The number of rotatable bonds is 5. The van der Waals surface area contributed by atoms with Crippen LogP contribution < -0.4 is 10.9 Å². The van der Waals surface area contributed by atoms with Crippen molar-refractivity contribution in [2.75, 3.05) is 12.3 Å². The van der Waals surface area contributed by atoms with Gasteiger partial charge in [0.25, 0.3) is 11.5 Å². The Balaban J connectivity index is 2.11. The van der Waals surface area contributed by atoms with E-state index in [-0.39, 0.29) is 17.9 Å². The zero-order chi connectivity index (χ0) is 17.8. The molecule has 0 spiro atoms. The van der Waals surface area contributed by atoms with Crippen LogP contribution in [0.5, 0.6) is 0 Å². The zero-order valence-corrected chi connectivity index (χ0v) is 14.2. The Labute approximate surface area is 148 Å². The normalized spacial score (nSPS) is 10.8. The number of aromatic nitrogens is 2. The summed E-state index contributed by atoms with van der Waals surface area (Å²) < 4.78 is 14.5. The molecular weight excluding hydrogens is 341 g/mol. The van der Waals surface area contributed by atoms with Gasteiger partial charge in [-0.05, 0) is 35.9 Å². The summed E-state index contributed by atoms with van der Waals surface area (Å²) >= 11 is 4.05. The van der Waals surface area contributed by atoms with Gasteiger partial charge in [-0.15, -0.1) is 0 Å². The minimum Gasteiger partial charge on any atom is -0.351 e. The third kappa shape index (κ3) is 3.71. The summed E-state index contributed by atoms with van der Waals surface area (Å²) in [6.07, 6.45) is 1.59. The number of nitrogens with zero attached hydrogens (tertiary/aromatic N) is 2. The molecule has 0 aliphatic rings. The summed E-state index contributed by atoms with van der Waals surface area (Å²) in [6, 6.07) is 10.9. The number of fused-ring (bicyclic) bond motifs is 1. The van der Waals surface area contributed by atoms with Crippen LogP contribution in [0.4, 0.5) is 4.39 Å². The highest BCUT2D eigenvalue weighted by atomic mass is 32.1. The molecule has 128 valence electrons. The maximum Gasteiger partial charge on any atom is 0.265 e. The Morgan fingerprint density at radius 2 is 2.00 bits per heavy atom. The topological polar surface area (TPSA) is 64.0 Å². The van der Waals surface area contributed by atoms with E-state index < -0.39 is 11.5 Å². The van der Waals surface area contributed by atoms with Gasteiger partial charge in [0.15, 0.2) is 0 Å². The van der Waals surface area contributed by atoms with Crippen molar-refractivity contribution in [3.63, 3.8) is 0 Å². The van der Waals surface area contributed by atoms with Crippen LogP contribution in [-0.4, -0.2) is 27.8 Å². The number of carbonyl (C=O) groups is 1. The highest BCUT2D eigenvalue weighted by Gasteiger charge is 2.16. The number of hydrogen-bond acceptors (Lipinski definition) is 4. The van der Waals surface area contributed by atoms with Gasteiger partial charge in [-0.2, -0.15) is 12.6 Å². The van der Waals surface area contributed by atoms with Gasteiger partial charge in [-0.25, -0.2) is 9.37 Å². The molecular formula is C18H16FN3O2S. The van der Waals surface area contributed by atoms with E-state index in [1.807, 2.05) is 0 Å². The summed E-state index contributed by atoms with van der Waals surface area (Å²) in [5, 5.41) is 3.33. The molecule has 0 atom stereocenters. The lowest BCUT2D eigenvalue weighted by Gasteiger charge is -2.12. The maximum atomic E-state index is 13.1. The summed E-state index contributed by atoms with van der Waals surface area (Å²) in [5.41, 5.74) is 0.822. The van der Waals surface area contributed by atoms with Gasteiger partial charge in [0.1, 0.15) is 17.0 Å². The van der Waals surface area contributed by atoms with Crippen molar-refractivity contribution in [2.45, 2.75) is 6.54 Å². The van der Waals surface area contributed by atoms with Crippen LogP contribution in [0.1, 0.15) is 15.9 Å². The first-order chi connectivity index (χ1) is 12.1. The number of nitrogens with one attached hydrogen (secondary N) is 1. The summed E-state index contributed by atoms with van der Waals surface area (Å²) in [5.74, 6) is -0.318. The van der Waals surface area contributed by atoms with Gasteiger partial charge < -0.3 is 5.32 Å². The van der Waals surface area contributed by atoms with Crippen LogP contribution in [0.3, 0.4) is 0 Å². The van der Waals surface area contributed by atoms with Gasteiger partial charge in [-0.1, -0.05) is 12.1 Å². The Hall–Kier alpha value is -2.67. The first-order valence-corrected chi connectivity index (χ1v) is 8.35. The Morgan fingerprint density at radius 3 is 2.72 bits per heavy atom. The Bertz CT molecular complexity index is 970. The molecule has 1 amide bonds. The van der Waals surface area contributed by atoms with Gasteiger partial charge in [0.2, 0.25) is 0 Å². The fourth-order valence-corrected chi connectivity index (χ4v) is 2.66. The third-order valence-electron chi connectivity index (χ3n) is 3.74. The van der Waals surface area contributed by atoms with E-state index in [1.165, 1.54) is 16.7 Å². The average Bonchev–Trinajstić information content (AvgIpc) is 2.63. The molecule has 25 heavy (non-hydrogen) atoms. The van der Waals surface area contributed by atoms with Gasteiger partial charge >= 0.3 is 0 Å². The molecule has 5 nitrogen and oxygen atoms in total. The van der Waals surface area contributed by atoms with Crippen molar-refractivity contribution in [1.29, 1.82) is 0 Å². The SMILES string of the molecule is O=C(NCCS)c1cc2cccnc2n(Cc2ccc(F)cc2)c1=O. The van der Waals surface area contributed by atoms with E-state index in [9.17, 15) is 14.0 Å². The number of benzene rings is 1. The molecule has 0 unspecified atom stereocenters. The minimum absolute atomic E-state index is 0.0457. The number of thiol groups is 1. The van der Waals surface area contributed by atoms with Crippen molar-refractivity contribution >= 4 is 29.6 Å². The molecule has 0 saturated carbocycles. The predicted molar refractivity (Wildman–Crippen MR) is 97.7 cm³/mol. The molecule has 2 heterocycles. The standard InChI is InChI=1S/C18H16FN3O2S/c19-14-5-3-12(4-6-14)11-22-16-13(2-1-7-20-16)10-15(18(22)24)17(23)21-8-9-25/h1-7,10,25H,8-9,11H2,(H,21,23). The van der Waals surface area contributed by atoms with Crippen LogP contribution >= 0.6 is 12.6 Å². The third-order valence-corrected chi connectivity index (χ3v) is 3.97. The fourth-order valence-electron chi connectivity index (χ4n) is 2.55. The van der Waals surface area contributed by atoms with Crippen molar-refractivity contribution in [1.82, 2.24) is 14.9 Å². The first kappa shape index (κ1) is 17.2. The monoisotopic (exact) mass is 357 g/mol. The van der Waals surface area contributed by atoms with Crippen LogP contribution in [0, 0.1) is 5.82 Å². The molecule has 3 aromatic rings. The Kier molecular flexibility index (Phi) is 5.14. The minimum atomic E-state index is -0.447. The predicted octanol–water partition coefficient (Wildman–Crippen LogP) is 2.24. The van der Waals surface area contributed by atoms with E-state index in [2.05, 4.69) is 22.9 Å². The van der Waals surface area contributed by atoms with Crippen LogP contribution in [-0.2, 0) is 6.54 Å². The lowest BCUT2D eigenvalue weighted by Crippen LogP contribution is -2.34. The number of hydrogen-bond donors (Lipinski definition) is 2. The van der Waals surface area contributed by atoms with Crippen molar-refractivity contribution in [2.24, 2.45) is 0 Å². The molecule has 1 aromatic carbocycles. The lowest BCUT2D eigenvalue weighted by atomic mass is 10.1. The molecule has 0 aliphatic carbocycles. The molecule has 0 fully saturated rings. The summed E-state index contributed by atoms with van der Waals surface area (Å²) in [6.45, 7) is 0.560. The molecule has 1 N–H and O–H groups in total. The molecule has 0 radical (unpaired) electrons. The second-order valence-electron chi connectivity index (χ2n) is 5.47. The number of amides is 1. The highest BCUT2D eigenvalue weighted by molar-refractivity contribution is 7.80. The molecule has 2 aromatic heterocycles. The van der Waals surface area contributed by atoms with Crippen molar-refractivity contribution in [3.8, 4) is 0 Å². The molecule has 7 heteroatoms. The average molecular weight is 357 g/mol. The van der Waals surface area contributed by atoms with Gasteiger partial charge in [0, 0.05) is 23.9 Å². The number of carbonyl (C=O) groups excluding carboxylic acids is 1. The smallest absolute Gasteiger partial charge is 0.265 e.